The fourth-order valence-electron chi connectivity index (χ4n) is 2.81. The third kappa shape index (κ3) is 4.28. The molecular weight excluding hydrogens is 304 g/mol. The first-order valence-electron chi connectivity index (χ1n) is 8.23. The van der Waals surface area contributed by atoms with Crippen molar-refractivity contribution >= 4 is 5.97 Å². The average molecular weight is 328 g/mol. The third-order valence-corrected chi connectivity index (χ3v) is 3.92. The predicted molar refractivity (Wildman–Crippen MR) is 94.0 cm³/mol. The Bertz CT molecular complexity index is 694. The second-order valence-corrected chi connectivity index (χ2v) is 5.59. The summed E-state index contributed by atoms with van der Waals surface area (Å²) in [5.74, 6) is 0.0447. The van der Waals surface area contributed by atoms with Crippen LogP contribution in [0.4, 0.5) is 0 Å². The number of carbonyl (C=O) groups is 1. The summed E-state index contributed by atoms with van der Waals surface area (Å²) in [5, 5.41) is 9.73. The highest BCUT2D eigenvalue weighted by Crippen LogP contribution is 2.30. The van der Waals surface area contributed by atoms with Crippen LogP contribution < -0.4 is 9.47 Å². The molecule has 4 heteroatoms. The van der Waals surface area contributed by atoms with Crippen LogP contribution in [-0.4, -0.2) is 24.3 Å². The number of carboxylic acids is 1. The van der Waals surface area contributed by atoms with Gasteiger partial charge in [-0.25, -0.2) is 0 Å². The van der Waals surface area contributed by atoms with Crippen LogP contribution in [0.3, 0.4) is 0 Å². The van der Waals surface area contributed by atoms with E-state index in [0.717, 1.165) is 28.2 Å². The highest BCUT2D eigenvalue weighted by molar-refractivity contribution is 5.77. The van der Waals surface area contributed by atoms with Crippen molar-refractivity contribution in [3.8, 4) is 11.5 Å². The van der Waals surface area contributed by atoms with Gasteiger partial charge >= 0.3 is 5.97 Å². The van der Waals surface area contributed by atoms with Crippen molar-refractivity contribution in [2.45, 2.75) is 33.1 Å². The number of hydrogen-bond acceptors (Lipinski definition) is 3. The molecule has 0 bridgehead atoms. The minimum absolute atomic E-state index is 0.389. The Kier molecular flexibility index (Phi) is 6.24. The Morgan fingerprint density at radius 3 is 2.42 bits per heavy atom. The minimum Gasteiger partial charge on any atom is -0.494 e. The molecule has 1 N–H and O–H groups in total. The average Bonchev–Trinajstić information content (AvgIpc) is 2.55. The molecular formula is C20H24O4. The number of aryl methyl sites for hydroxylation is 1. The molecule has 2 rings (SSSR count). The lowest BCUT2D eigenvalue weighted by atomic mass is 9.89. The maximum Gasteiger partial charge on any atom is 0.311 e. The van der Waals surface area contributed by atoms with Crippen LogP contribution in [0.1, 0.15) is 36.5 Å². The molecule has 0 aromatic heterocycles. The van der Waals surface area contributed by atoms with E-state index in [-0.39, 0.29) is 0 Å². The van der Waals surface area contributed by atoms with Gasteiger partial charge in [0, 0.05) is 0 Å². The van der Waals surface area contributed by atoms with Gasteiger partial charge in [-0.1, -0.05) is 24.3 Å². The monoisotopic (exact) mass is 328 g/mol. The predicted octanol–water partition coefficient (Wildman–Crippen LogP) is 4.20. The highest BCUT2D eigenvalue weighted by atomic mass is 16.5. The molecule has 2 aromatic rings. The van der Waals surface area contributed by atoms with Crippen molar-refractivity contribution in [3.05, 3.63) is 59.2 Å². The summed E-state index contributed by atoms with van der Waals surface area (Å²) in [6.45, 7) is 6.90. The first kappa shape index (κ1) is 17.9. The third-order valence-electron chi connectivity index (χ3n) is 3.92. The summed E-state index contributed by atoms with van der Waals surface area (Å²) in [4.78, 5) is 11.9. The molecule has 0 fully saturated rings. The van der Waals surface area contributed by atoms with Crippen LogP contribution in [0.15, 0.2) is 42.5 Å². The van der Waals surface area contributed by atoms with E-state index in [1.807, 2.05) is 63.2 Å². The zero-order valence-corrected chi connectivity index (χ0v) is 14.4. The fourth-order valence-corrected chi connectivity index (χ4v) is 2.81. The summed E-state index contributed by atoms with van der Waals surface area (Å²) in [7, 11) is 0. The van der Waals surface area contributed by atoms with Crippen molar-refractivity contribution in [1.29, 1.82) is 0 Å². The summed E-state index contributed by atoms with van der Waals surface area (Å²) in [5.41, 5.74) is 2.62. The molecule has 0 saturated carbocycles. The van der Waals surface area contributed by atoms with Crippen molar-refractivity contribution < 1.29 is 19.4 Å². The molecule has 0 aliphatic rings. The van der Waals surface area contributed by atoms with E-state index in [4.69, 9.17) is 9.47 Å². The Labute approximate surface area is 143 Å². The van der Waals surface area contributed by atoms with Crippen LogP contribution >= 0.6 is 0 Å². The number of benzene rings is 2. The number of carboxylic acid groups (broad SMARTS) is 1. The molecule has 0 heterocycles. The number of aliphatic carboxylic acids is 1. The molecule has 1 unspecified atom stereocenters. The van der Waals surface area contributed by atoms with Crippen LogP contribution in [-0.2, 0) is 11.2 Å². The SMILES string of the molecule is CCOc1ccc(C(Cc2ccccc2OCC)C(=O)O)c(C)c1. The minimum atomic E-state index is -0.839. The first-order chi connectivity index (χ1) is 11.6. The Balaban J connectivity index is 2.32. The molecule has 0 radical (unpaired) electrons. The van der Waals surface area contributed by atoms with E-state index in [0.29, 0.717) is 19.6 Å². The zero-order chi connectivity index (χ0) is 17.5. The number of ether oxygens (including phenoxy) is 2. The molecule has 1 atom stereocenters. The Morgan fingerprint density at radius 1 is 1.08 bits per heavy atom. The molecule has 4 nitrogen and oxygen atoms in total. The van der Waals surface area contributed by atoms with Gasteiger partial charge in [0.05, 0.1) is 19.1 Å². The fraction of sp³-hybridized carbons (Fsp3) is 0.350. The smallest absolute Gasteiger partial charge is 0.311 e. The lowest BCUT2D eigenvalue weighted by Gasteiger charge is -2.18. The van der Waals surface area contributed by atoms with Gasteiger partial charge in [0.1, 0.15) is 11.5 Å². The summed E-state index contributed by atoms with van der Waals surface area (Å²) in [6.07, 6.45) is 0.389. The quantitative estimate of drug-likeness (QED) is 0.789. The van der Waals surface area contributed by atoms with Crippen LogP contribution in [0.2, 0.25) is 0 Å². The molecule has 0 aliphatic heterocycles. The van der Waals surface area contributed by atoms with Crippen LogP contribution in [0.5, 0.6) is 11.5 Å². The lowest BCUT2D eigenvalue weighted by Crippen LogP contribution is -2.16. The van der Waals surface area contributed by atoms with E-state index in [1.54, 1.807) is 0 Å². The summed E-state index contributed by atoms with van der Waals surface area (Å²) in [6, 6.07) is 13.2. The Morgan fingerprint density at radius 2 is 1.79 bits per heavy atom. The van der Waals surface area contributed by atoms with Gasteiger partial charge in [0.15, 0.2) is 0 Å². The van der Waals surface area contributed by atoms with E-state index >= 15 is 0 Å². The van der Waals surface area contributed by atoms with Gasteiger partial charge in [-0.2, -0.15) is 0 Å². The van der Waals surface area contributed by atoms with Gasteiger partial charge in [-0.15, -0.1) is 0 Å². The normalized spacial score (nSPS) is 11.8. The van der Waals surface area contributed by atoms with Crippen molar-refractivity contribution in [3.63, 3.8) is 0 Å². The first-order valence-corrected chi connectivity index (χ1v) is 8.23. The molecule has 0 amide bonds. The topological polar surface area (TPSA) is 55.8 Å². The molecule has 0 spiro atoms. The molecule has 0 saturated heterocycles. The van der Waals surface area contributed by atoms with Gasteiger partial charge < -0.3 is 14.6 Å². The Hall–Kier alpha value is -2.49. The summed E-state index contributed by atoms with van der Waals surface area (Å²) >= 11 is 0. The van der Waals surface area contributed by atoms with E-state index in [2.05, 4.69) is 0 Å². The number of para-hydroxylation sites is 1. The van der Waals surface area contributed by atoms with E-state index < -0.39 is 11.9 Å². The van der Waals surface area contributed by atoms with Crippen LogP contribution in [0.25, 0.3) is 0 Å². The van der Waals surface area contributed by atoms with Gasteiger partial charge in [0.2, 0.25) is 0 Å². The molecule has 24 heavy (non-hydrogen) atoms. The largest absolute Gasteiger partial charge is 0.494 e. The maximum absolute atomic E-state index is 11.9. The standard InChI is InChI=1S/C20H24O4/c1-4-23-16-10-11-17(14(3)12-16)18(20(21)22)13-15-8-6-7-9-19(15)24-5-2/h6-12,18H,4-5,13H2,1-3H3,(H,21,22). The van der Waals surface area contributed by atoms with Gasteiger partial charge in [-0.05, 0) is 62.1 Å². The number of hydrogen-bond donors (Lipinski definition) is 1. The van der Waals surface area contributed by atoms with Gasteiger partial charge in [-0.3, -0.25) is 4.79 Å². The second kappa shape index (κ2) is 8.39. The second-order valence-electron chi connectivity index (χ2n) is 5.59. The van der Waals surface area contributed by atoms with Gasteiger partial charge in [0.25, 0.3) is 0 Å². The van der Waals surface area contributed by atoms with E-state index in [9.17, 15) is 9.90 Å². The number of rotatable bonds is 8. The van der Waals surface area contributed by atoms with Crippen LogP contribution in [0, 0.1) is 6.92 Å². The van der Waals surface area contributed by atoms with Crippen molar-refractivity contribution in [1.82, 2.24) is 0 Å². The summed E-state index contributed by atoms with van der Waals surface area (Å²) < 4.78 is 11.1. The van der Waals surface area contributed by atoms with Crippen molar-refractivity contribution in [2.24, 2.45) is 0 Å². The van der Waals surface area contributed by atoms with Crippen molar-refractivity contribution in [2.75, 3.05) is 13.2 Å². The lowest BCUT2D eigenvalue weighted by molar-refractivity contribution is -0.138. The van der Waals surface area contributed by atoms with E-state index in [1.165, 1.54) is 0 Å². The molecule has 2 aromatic carbocycles. The zero-order valence-electron chi connectivity index (χ0n) is 14.4. The molecule has 128 valence electrons. The highest BCUT2D eigenvalue weighted by Gasteiger charge is 2.23. The maximum atomic E-state index is 11.9. The molecule has 0 aliphatic carbocycles.